The van der Waals surface area contributed by atoms with E-state index in [1.807, 2.05) is 18.2 Å². The Kier molecular flexibility index (Phi) is 2.90. The molecule has 4 nitrogen and oxygen atoms in total. The van der Waals surface area contributed by atoms with Crippen LogP contribution in [-0.4, -0.2) is 35.1 Å². The molecule has 0 atom stereocenters. The van der Waals surface area contributed by atoms with Crippen LogP contribution in [0.4, 0.5) is 5.69 Å². The molecule has 2 heterocycles. The summed E-state index contributed by atoms with van der Waals surface area (Å²) in [5.74, 6) is 0.0953. The molecular weight excluding hydrogens is 274 g/mol. The average molecular weight is 295 g/mol. The third-order valence-corrected chi connectivity index (χ3v) is 4.61. The van der Waals surface area contributed by atoms with Crippen LogP contribution >= 0.6 is 0 Å². The highest BCUT2D eigenvalue weighted by Crippen LogP contribution is 2.36. The van der Waals surface area contributed by atoms with Gasteiger partial charge in [0.15, 0.2) is 5.78 Å². The van der Waals surface area contributed by atoms with Crippen LogP contribution in [-0.2, 0) is 0 Å². The molecule has 1 aliphatic carbocycles. The molecule has 0 saturated carbocycles. The van der Waals surface area contributed by atoms with Gasteiger partial charge >= 0.3 is 0 Å². The topological polar surface area (TPSA) is 44.7 Å². The number of rotatable bonds is 1. The molecular formula is C18H21N3O. The second-order valence-corrected chi connectivity index (χ2v) is 6.81. The summed E-state index contributed by atoms with van der Waals surface area (Å²) in [5.41, 5.74) is 4.41. The first-order valence-electron chi connectivity index (χ1n) is 8.08. The van der Waals surface area contributed by atoms with Crippen LogP contribution in [0.1, 0.15) is 49.0 Å². The molecule has 0 bridgehead atoms. The van der Waals surface area contributed by atoms with Crippen molar-refractivity contribution < 1.29 is 4.79 Å². The van der Waals surface area contributed by atoms with E-state index in [2.05, 4.69) is 24.1 Å². The zero-order chi connectivity index (χ0) is 15.3. The van der Waals surface area contributed by atoms with Crippen molar-refractivity contribution in [1.82, 2.24) is 4.90 Å². The van der Waals surface area contributed by atoms with Crippen LogP contribution in [0.5, 0.6) is 0 Å². The number of carbonyl (C=O) groups is 1. The van der Waals surface area contributed by atoms with Gasteiger partial charge in [0.2, 0.25) is 0 Å². The fraction of sp³-hybridized carbons (Fsp3) is 0.444. The van der Waals surface area contributed by atoms with Gasteiger partial charge in [0.05, 0.1) is 11.4 Å². The van der Waals surface area contributed by atoms with Crippen LogP contribution in [0.25, 0.3) is 0 Å². The first kappa shape index (κ1) is 13.6. The maximum atomic E-state index is 12.6. The quantitative estimate of drug-likeness (QED) is 0.865. The number of allylic oxidation sites excluding steroid dienone is 2. The van der Waals surface area contributed by atoms with Gasteiger partial charge in [-0.3, -0.25) is 9.79 Å². The average Bonchev–Trinajstić information content (AvgIpc) is 2.50. The van der Waals surface area contributed by atoms with Crippen LogP contribution in [0.3, 0.4) is 0 Å². The molecule has 1 N–H and O–H groups in total. The number of aliphatic imine (C=N–C) groups is 1. The molecule has 3 aliphatic rings. The first-order valence-corrected chi connectivity index (χ1v) is 8.08. The number of ketones is 1. The van der Waals surface area contributed by atoms with Crippen molar-refractivity contribution in [1.29, 1.82) is 0 Å². The molecule has 1 saturated heterocycles. The van der Waals surface area contributed by atoms with E-state index in [1.54, 1.807) is 6.08 Å². The van der Waals surface area contributed by atoms with Crippen molar-refractivity contribution in [2.24, 2.45) is 4.99 Å². The van der Waals surface area contributed by atoms with Crippen LogP contribution in [0.15, 0.2) is 35.0 Å². The van der Waals surface area contributed by atoms with Gasteiger partial charge < -0.3 is 10.2 Å². The Bertz CT molecular complexity index is 709. The molecule has 114 valence electrons. The predicted octanol–water partition coefficient (Wildman–Crippen LogP) is 3.20. The molecule has 4 rings (SSSR count). The molecule has 2 aliphatic heterocycles. The van der Waals surface area contributed by atoms with E-state index in [0.717, 1.165) is 41.3 Å². The van der Waals surface area contributed by atoms with Gasteiger partial charge in [-0.25, -0.2) is 0 Å². The van der Waals surface area contributed by atoms with E-state index < -0.39 is 0 Å². The summed E-state index contributed by atoms with van der Waals surface area (Å²) in [6, 6.07) is 5.89. The lowest BCUT2D eigenvalue weighted by molar-refractivity contribution is 0.104. The number of piperidine rings is 1. The molecule has 0 spiro atoms. The van der Waals surface area contributed by atoms with Crippen molar-refractivity contribution in [3.05, 3.63) is 41.1 Å². The van der Waals surface area contributed by atoms with E-state index in [4.69, 9.17) is 4.99 Å². The standard InChI is InChI=1S/C18H21N3O/c1-18(2)19-13-8-6-7-12-15(22)11-14(17(20-18)16(12)13)21-9-4-3-5-10-21/h6-8,11,19H,3-5,9-10H2,1-2H3. The molecule has 1 fully saturated rings. The predicted molar refractivity (Wildman–Crippen MR) is 88.5 cm³/mol. The molecule has 0 unspecified atom stereocenters. The second kappa shape index (κ2) is 4.70. The Hall–Kier alpha value is -2.10. The number of anilines is 1. The lowest BCUT2D eigenvalue weighted by Gasteiger charge is -2.38. The van der Waals surface area contributed by atoms with Gasteiger partial charge in [-0.2, -0.15) is 0 Å². The Morgan fingerprint density at radius 1 is 1.18 bits per heavy atom. The highest BCUT2D eigenvalue weighted by Gasteiger charge is 2.35. The van der Waals surface area contributed by atoms with Crippen LogP contribution < -0.4 is 5.32 Å². The summed E-state index contributed by atoms with van der Waals surface area (Å²) in [6.07, 6.45) is 5.45. The third kappa shape index (κ3) is 2.05. The summed E-state index contributed by atoms with van der Waals surface area (Å²) >= 11 is 0. The zero-order valence-corrected chi connectivity index (χ0v) is 13.1. The number of carbonyl (C=O) groups excluding carboxylic acids is 1. The van der Waals surface area contributed by atoms with Crippen molar-refractivity contribution >= 4 is 17.2 Å². The maximum absolute atomic E-state index is 12.6. The van der Waals surface area contributed by atoms with Gasteiger partial charge in [0, 0.05) is 36.0 Å². The van der Waals surface area contributed by atoms with Gasteiger partial charge in [-0.05, 0) is 39.2 Å². The van der Waals surface area contributed by atoms with Gasteiger partial charge in [-0.1, -0.05) is 12.1 Å². The van der Waals surface area contributed by atoms with E-state index in [-0.39, 0.29) is 11.4 Å². The fourth-order valence-electron chi connectivity index (χ4n) is 3.64. The fourth-order valence-corrected chi connectivity index (χ4v) is 3.64. The summed E-state index contributed by atoms with van der Waals surface area (Å²) in [4.78, 5) is 19.8. The molecule has 1 aromatic carbocycles. The number of hydrogen-bond donors (Lipinski definition) is 1. The van der Waals surface area contributed by atoms with Crippen LogP contribution in [0, 0.1) is 0 Å². The lowest BCUT2D eigenvalue weighted by atomic mass is 9.87. The summed E-state index contributed by atoms with van der Waals surface area (Å²) in [6.45, 7) is 6.17. The van der Waals surface area contributed by atoms with Gasteiger partial charge in [0.1, 0.15) is 5.66 Å². The van der Waals surface area contributed by atoms with Crippen molar-refractivity contribution in [3.8, 4) is 0 Å². The first-order chi connectivity index (χ1) is 10.6. The normalized spacial score (nSPS) is 22.5. The monoisotopic (exact) mass is 295 g/mol. The third-order valence-electron chi connectivity index (χ3n) is 4.61. The minimum absolute atomic E-state index is 0.0953. The molecule has 0 radical (unpaired) electrons. The number of likely N-dealkylation sites (tertiary alicyclic amines) is 1. The highest BCUT2D eigenvalue weighted by atomic mass is 16.1. The SMILES string of the molecule is CC1(C)N=C2C(N3CCCCC3)=CC(=O)c3cccc(c32)N1. The largest absolute Gasteiger partial charge is 0.370 e. The van der Waals surface area contributed by atoms with Gasteiger partial charge in [0.25, 0.3) is 0 Å². The number of hydrogen-bond acceptors (Lipinski definition) is 4. The van der Waals surface area contributed by atoms with E-state index >= 15 is 0 Å². The molecule has 0 amide bonds. The van der Waals surface area contributed by atoms with Crippen molar-refractivity contribution in [2.75, 3.05) is 18.4 Å². The Labute approximate surface area is 130 Å². The van der Waals surface area contributed by atoms with Crippen LogP contribution in [0.2, 0.25) is 0 Å². The molecule has 0 aromatic heterocycles. The van der Waals surface area contributed by atoms with Crippen molar-refractivity contribution in [2.45, 2.75) is 38.8 Å². The summed E-state index contributed by atoms with van der Waals surface area (Å²) < 4.78 is 0. The molecule has 1 aromatic rings. The smallest absolute Gasteiger partial charge is 0.188 e. The second-order valence-electron chi connectivity index (χ2n) is 6.81. The van der Waals surface area contributed by atoms with Crippen molar-refractivity contribution in [3.63, 3.8) is 0 Å². The number of nitrogens with one attached hydrogen (secondary N) is 1. The van der Waals surface area contributed by atoms with E-state index in [1.165, 1.54) is 19.3 Å². The Balaban J connectivity index is 1.88. The Morgan fingerprint density at radius 2 is 1.95 bits per heavy atom. The van der Waals surface area contributed by atoms with Gasteiger partial charge in [-0.15, -0.1) is 0 Å². The minimum Gasteiger partial charge on any atom is -0.370 e. The number of nitrogens with zero attached hydrogens (tertiary/aromatic N) is 2. The minimum atomic E-state index is -0.351. The highest BCUT2D eigenvalue weighted by molar-refractivity contribution is 6.29. The Morgan fingerprint density at radius 3 is 2.73 bits per heavy atom. The lowest BCUT2D eigenvalue weighted by Crippen LogP contribution is -2.41. The zero-order valence-electron chi connectivity index (χ0n) is 13.1. The summed E-state index contributed by atoms with van der Waals surface area (Å²) in [5, 5.41) is 3.43. The maximum Gasteiger partial charge on any atom is 0.188 e. The van der Waals surface area contributed by atoms with E-state index in [9.17, 15) is 4.79 Å². The summed E-state index contributed by atoms with van der Waals surface area (Å²) in [7, 11) is 0. The molecule has 22 heavy (non-hydrogen) atoms. The van der Waals surface area contributed by atoms with E-state index in [0.29, 0.717) is 0 Å². The molecule has 4 heteroatoms. The number of benzene rings is 1.